The Hall–Kier alpha value is -1.94. The van der Waals surface area contributed by atoms with Crippen molar-refractivity contribution < 1.29 is 4.74 Å². The third-order valence-corrected chi connectivity index (χ3v) is 2.77. The predicted molar refractivity (Wildman–Crippen MR) is 71.4 cm³/mol. The van der Waals surface area contributed by atoms with Gasteiger partial charge in [-0.2, -0.15) is 0 Å². The van der Waals surface area contributed by atoms with Crippen LogP contribution in [0, 0.1) is 0 Å². The van der Waals surface area contributed by atoms with Gasteiger partial charge in [-0.1, -0.05) is 12.1 Å². The molecule has 94 valence electrons. The lowest BCUT2D eigenvalue weighted by atomic mass is 10.0. The highest BCUT2D eigenvalue weighted by Gasteiger charge is 2.15. The molecule has 1 aliphatic heterocycles. The summed E-state index contributed by atoms with van der Waals surface area (Å²) in [7, 11) is 1.50. The number of nitrogens with zero attached hydrogens (tertiary/aromatic N) is 2. The summed E-state index contributed by atoms with van der Waals surface area (Å²) in [5, 5.41) is 0. The van der Waals surface area contributed by atoms with Crippen molar-refractivity contribution in [2.24, 2.45) is 5.73 Å². The number of benzene rings is 1. The molecule has 0 radical (unpaired) electrons. The minimum Gasteiger partial charge on any atom is -0.493 e. The molecule has 4 heteroatoms. The third-order valence-electron chi connectivity index (χ3n) is 2.77. The van der Waals surface area contributed by atoms with Gasteiger partial charge in [0.25, 0.3) is 0 Å². The first-order valence-corrected chi connectivity index (χ1v) is 6.04. The van der Waals surface area contributed by atoms with Crippen LogP contribution in [0.2, 0.25) is 0 Å². The van der Waals surface area contributed by atoms with Crippen molar-refractivity contribution in [1.82, 2.24) is 9.97 Å². The zero-order valence-corrected chi connectivity index (χ0v) is 10.5. The van der Waals surface area contributed by atoms with Crippen LogP contribution in [0.15, 0.2) is 36.8 Å². The molecule has 0 saturated heterocycles. The second-order valence-corrected chi connectivity index (χ2v) is 3.84. The maximum Gasteiger partial charge on any atom is 0.131 e. The Kier molecular flexibility index (Phi) is 4.25. The molecule has 4 nitrogen and oxygen atoms in total. The molecule has 1 aliphatic rings. The molecule has 0 unspecified atom stereocenters. The molecule has 0 spiro atoms. The number of aromatic nitrogens is 2. The largest absolute Gasteiger partial charge is 0.493 e. The van der Waals surface area contributed by atoms with Gasteiger partial charge in [-0.25, -0.2) is 0 Å². The molecule has 3 rings (SSSR count). The molecule has 0 saturated carbocycles. The fraction of sp³-hybridized carbons (Fsp3) is 0.286. The Morgan fingerprint density at radius 2 is 2.11 bits per heavy atom. The molecule has 2 aromatic rings. The molecule has 0 bridgehead atoms. The summed E-state index contributed by atoms with van der Waals surface area (Å²) in [5.74, 6) is 0.981. The zero-order chi connectivity index (χ0) is 12.8. The first-order valence-electron chi connectivity index (χ1n) is 6.04. The lowest BCUT2D eigenvalue weighted by Crippen LogP contribution is -2.09. The van der Waals surface area contributed by atoms with E-state index in [1.807, 2.05) is 6.07 Å². The summed E-state index contributed by atoms with van der Waals surface area (Å²) < 4.78 is 5.74. The van der Waals surface area contributed by atoms with Gasteiger partial charge >= 0.3 is 0 Å². The van der Waals surface area contributed by atoms with Crippen LogP contribution in [0.3, 0.4) is 0 Å². The molecule has 1 aromatic carbocycles. The number of nitrogens with two attached hydrogens (primary N) is 1. The Morgan fingerprint density at radius 1 is 1.22 bits per heavy atom. The predicted octanol–water partition coefficient (Wildman–Crippen LogP) is 2.04. The average Bonchev–Trinajstić information content (AvgIpc) is 2.50. The van der Waals surface area contributed by atoms with E-state index in [2.05, 4.69) is 27.8 Å². The molecule has 0 fully saturated rings. The van der Waals surface area contributed by atoms with E-state index < -0.39 is 0 Å². The summed E-state index contributed by atoms with van der Waals surface area (Å²) in [5.41, 5.74) is 7.70. The number of hydrogen-bond donors (Lipinski definition) is 1. The van der Waals surface area contributed by atoms with Crippen LogP contribution in [-0.4, -0.2) is 23.6 Å². The van der Waals surface area contributed by atoms with Crippen LogP contribution in [0.5, 0.6) is 5.75 Å². The van der Waals surface area contributed by atoms with Gasteiger partial charge < -0.3 is 10.5 Å². The van der Waals surface area contributed by atoms with Gasteiger partial charge in [-0.15, -0.1) is 0 Å². The number of ether oxygens (including phenoxy) is 1. The van der Waals surface area contributed by atoms with Gasteiger partial charge in [0, 0.05) is 18.0 Å². The van der Waals surface area contributed by atoms with Gasteiger partial charge in [0.05, 0.1) is 18.5 Å². The van der Waals surface area contributed by atoms with E-state index in [4.69, 9.17) is 4.74 Å². The van der Waals surface area contributed by atoms with Gasteiger partial charge in [-0.3, -0.25) is 9.97 Å². The lowest BCUT2D eigenvalue weighted by Gasteiger charge is -2.19. The van der Waals surface area contributed by atoms with Crippen molar-refractivity contribution in [1.29, 1.82) is 0 Å². The highest BCUT2D eigenvalue weighted by Crippen LogP contribution is 2.34. The van der Waals surface area contributed by atoms with Crippen molar-refractivity contribution in [3.8, 4) is 17.0 Å². The molecule has 1 aromatic heterocycles. The van der Waals surface area contributed by atoms with E-state index >= 15 is 0 Å². The lowest BCUT2D eigenvalue weighted by molar-refractivity contribution is 0.289. The highest BCUT2D eigenvalue weighted by molar-refractivity contribution is 5.68. The molecule has 0 atom stereocenters. The fourth-order valence-corrected chi connectivity index (χ4v) is 2.03. The van der Waals surface area contributed by atoms with E-state index in [0.717, 1.165) is 36.5 Å². The van der Waals surface area contributed by atoms with Crippen LogP contribution in [0.1, 0.15) is 12.0 Å². The van der Waals surface area contributed by atoms with Crippen molar-refractivity contribution in [3.63, 3.8) is 0 Å². The van der Waals surface area contributed by atoms with E-state index in [0.29, 0.717) is 0 Å². The van der Waals surface area contributed by atoms with E-state index in [1.165, 1.54) is 12.6 Å². The van der Waals surface area contributed by atoms with Crippen molar-refractivity contribution in [2.45, 2.75) is 12.8 Å². The molecule has 0 aliphatic carbocycles. The fourth-order valence-electron chi connectivity index (χ4n) is 2.03. The second kappa shape index (κ2) is 6.12. The summed E-state index contributed by atoms with van der Waals surface area (Å²) in [6, 6.07) is 6.21. The molecular weight excluding hydrogens is 226 g/mol. The van der Waals surface area contributed by atoms with Crippen molar-refractivity contribution in [3.05, 3.63) is 42.4 Å². The van der Waals surface area contributed by atoms with E-state index in [-0.39, 0.29) is 0 Å². The molecule has 18 heavy (non-hydrogen) atoms. The monoisotopic (exact) mass is 243 g/mol. The van der Waals surface area contributed by atoms with Gasteiger partial charge in [0.15, 0.2) is 0 Å². The van der Waals surface area contributed by atoms with Crippen LogP contribution in [0.4, 0.5) is 0 Å². The van der Waals surface area contributed by atoms with Crippen molar-refractivity contribution in [2.75, 3.05) is 13.7 Å². The second-order valence-electron chi connectivity index (χ2n) is 3.84. The molecular formula is C14H17N3O. The number of rotatable bonds is 1. The maximum absolute atomic E-state index is 5.74. The highest BCUT2D eigenvalue weighted by atomic mass is 16.5. The van der Waals surface area contributed by atoms with Crippen LogP contribution in [0.25, 0.3) is 11.3 Å². The quantitative estimate of drug-likeness (QED) is 0.832. The molecule has 0 amide bonds. The number of fused-ring (bicyclic) bond motifs is 1. The number of hydrogen-bond acceptors (Lipinski definition) is 4. The van der Waals surface area contributed by atoms with Gasteiger partial charge in [0.1, 0.15) is 5.75 Å². The zero-order valence-electron chi connectivity index (χ0n) is 10.5. The average molecular weight is 243 g/mol. The van der Waals surface area contributed by atoms with Crippen LogP contribution >= 0.6 is 0 Å². The normalized spacial score (nSPS) is 12.8. The number of aryl methyl sites for hydroxylation is 1. The first-order chi connectivity index (χ1) is 8.95. The Morgan fingerprint density at radius 3 is 2.89 bits per heavy atom. The Labute approximate surface area is 107 Å². The SMILES string of the molecule is CN.c1cc2c(c(-c3cnccn3)c1)OCCC2. The van der Waals surface area contributed by atoms with Crippen LogP contribution in [-0.2, 0) is 6.42 Å². The Balaban J connectivity index is 0.000000574. The minimum absolute atomic E-state index is 0.796. The van der Waals surface area contributed by atoms with Gasteiger partial charge in [-0.05, 0) is 31.5 Å². The summed E-state index contributed by atoms with van der Waals surface area (Å²) in [6.45, 7) is 0.796. The molecule has 2 N–H and O–H groups in total. The Bertz CT molecular complexity index is 500. The molecule has 2 heterocycles. The van der Waals surface area contributed by atoms with Crippen molar-refractivity contribution >= 4 is 0 Å². The maximum atomic E-state index is 5.74. The third kappa shape index (κ3) is 2.49. The van der Waals surface area contributed by atoms with E-state index in [9.17, 15) is 0 Å². The number of para-hydroxylation sites is 1. The summed E-state index contributed by atoms with van der Waals surface area (Å²) in [4.78, 5) is 8.41. The smallest absolute Gasteiger partial charge is 0.131 e. The topological polar surface area (TPSA) is 61.0 Å². The minimum atomic E-state index is 0.796. The van der Waals surface area contributed by atoms with Gasteiger partial charge in [0.2, 0.25) is 0 Å². The van der Waals surface area contributed by atoms with Crippen LogP contribution < -0.4 is 10.5 Å². The first kappa shape index (κ1) is 12.5. The standard InChI is InChI=1S/C13H12N2O.CH5N/c1-3-10-4-2-8-16-13(10)11(5-1)12-9-14-6-7-15-12;1-2/h1,3,5-7,9H,2,4,8H2;2H2,1H3. The van der Waals surface area contributed by atoms with E-state index in [1.54, 1.807) is 18.6 Å². The summed E-state index contributed by atoms with van der Waals surface area (Å²) >= 11 is 0. The summed E-state index contributed by atoms with van der Waals surface area (Å²) in [6.07, 6.45) is 7.34.